The van der Waals surface area contributed by atoms with Crippen molar-refractivity contribution in [3.8, 4) is 11.5 Å². The summed E-state index contributed by atoms with van der Waals surface area (Å²) in [6, 6.07) is 10.4. The molecule has 0 N–H and O–H groups in total. The molecule has 0 unspecified atom stereocenters. The van der Waals surface area contributed by atoms with E-state index in [1.807, 2.05) is 0 Å². The van der Waals surface area contributed by atoms with E-state index in [0.29, 0.717) is 23.2 Å². The molecule has 2 aromatic carbocycles. The number of rotatable bonds is 5. The lowest BCUT2D eigenvalue weighted by Gasteiger charge is -2.12. The van der Waals surface area contributed by atoms with Crippen molar-refractivity contribution in [3.05, 3.63) is 58.6 Å². The fourth-order valence-corrected chi connectivity index (χ4v) is 1.84. The van der Waals surface area contributed by atoms with E-state index >= 15 is 0 Å². The zero-order valence-corrected chi connectivity index (χ0v) is 11.8. The Morgan fingerprint density at radius 2 is 1.91 bits per heavy atom. The highest BCUT2D eigenvalue weighted by atomic mass is 35.5. The van der Waals surface area contributed by atoms with Crippen LogP contribution in [0.25, 0.3) is 0 Å². The first-order valence-electron chi connectivity index (χ1n) is 6.09. The van der Waals surface area contributed by atoms with Crippen LogP contribution in [0.1, 0.15) is 15.9 Å². The van der Waals surface area contributed by atoms with Gasteiger partial charge in [-0.1, -0.05) is 29.8 Å². The molecule has 0 aliphatic carbocycles. The summed E-state index contributed by atoms with van der Waals surface area (Å²) in [7, 11) is 0. The van der Waals surface area contributed by atoms with Crippen LogP contribution in [-0.2, 0) is 6.61 Å². The van der Waals surface area contributed by atoms with Crippen LogP contribution in [0.4, 0.5) is 13.2 Å². The maximum Gasteiger partial charge on any atom is 0.573 e. The first-order valence-corrected chi connectivity index (χ1v) is 6.47. The lowest BCUT2D eigenvalue weighted by molar-refractivity contribution is -0.274. The Morgan fingerprint density at radius 3 is 2.59 bits per heavy atom. The van der Waals surface area contributed by atoms with Gasteiger partial charge in [0.1, 0.15) is 24.4 Å². The molecule has 0 aliphatic rings. The average Bonchev–Trinajstić information content (AvgIpc) is 2.47. The lowest BCUT2D eigenvalue weighted by atomic mass is 10.2. The fourth-order valence-electron chi connectivity index (χ4n) is 1.68. The van der Waals surface area contributed by atoms with Gasteiger partial charge in [-0.2, -0.15) is 0 Å². The average molecular weight is 331 g/mol. The van der Waals surface area contributed by atoms with Crippen molar-refractivity contribution in [3.63, 3.8) is 0 Å². The number of alkyl halides is 3. The number of carbonyl (C=O) groups excluding carboxylic acids is 1. The van der Waals surface area contributed by atoms with Gasteiger partial charge in [0, 0.05) is 5.56 Å². The highest BCUT2D eigenvalue weighted by Crippen LogP contribution is 2.31. The third kappa shape index (κ3) is 4.66. The highest BCUT2D eigenvalue weighted by molar-refractivity contribution is 6.32. The maximum absolute atomic E-state index is 12.2. The van der Waals surface area contributed by atoms with Crippen molar-refractivity contribution in [2.24, 2.45) is 0 Å². The van der Waals surface area contributed by atoms with Crippen LogP contribution in [-0.4, -0.2) is 12.6 Å². The smallest absolute Gasteiger partial charge is 0.489 e. The third-order valence-corrected chi connectivity index (χ3v) is 2.93. The number of benzene rings is 2. The van der Waals surface area contributed by atoms with Gasteiger partial charge >= 0.3 is 6.36 Å². The minimum Gasteiger partial charge on any atom is -0.489 e. The molecule has 116 valence electrons. The van der Waals surface area contributed by atoms with E-state index < -0.39 is 12.1 Å². The molecular weight excluding hydrogens is 321 g/mol. The highest BCUT2D eigenvalue weighted by Gasteiger charge is 2.32. The number of hydrogen-bond donors (Lipinski definition) is 0. The second kappa shape index (κ2) is 6.70. The molecule has 0 amide bonds. The molecular formula is C15H10ClF3O3. The Kier molecular flexibility index (Phi) is 4.92. The van der Waals surface area contributed by atoms with E-state index in [1.165, 1.54) is 18.2 Å². The van der Waals surface area contributed by atoms with Crippen LogP contribution in [0.5, 0.6) is 11.5 Å². The molecule has 0 saturated heterocycles. The van der Waals surface area contributed by atoms with E-state index in [-0.39, 0.29) is 11.6 Å². The van der Waals surface area contributed by atoms with Gasteiger partial charge in [0.25, 0.3) is 0 Å². The summed E-state index contributed by atoms with van der Waals surface area (Å²) in [5.41, 5.74) is 0.884. The Labute approximate surface area is 129 Å². The van der Waals surface area contributed by atoms with Crippen LogP contribution >= 0.6 is 11.6 Å². The van der Waals surface area contributed by atoms with E-state index in [2.05, 4.69) is 4.74 Å². The second-order valence-corrected chi connectivity index (χ2v) is 4.70. The number of ether oxygens (including phenoxy) is 2. The number of aldehydes is 1. The summed E-state index contributed by atoms with van der Waals surface area (Å²) < 4.78 is 46.0. The molecule has 0 heterocycles. The third-order valence-electron chi connectivity index (χ3n) is 2.62. The molecule has 0 aromatic heterocycles. The van der Waals surface area contributed by atoms with Gasteiger partial charge in [0.05, 0.1) is 5.02 Å². The molecule has 7 heteroatoms. The fraction of sp³-hybridized carbons (Fsp3) is 0.133. The monoisotopic (exact) mass is 330 g/mol. The summed E-state index contributed by atoms with van der Waals surface area (Å²) in [6.07, 6.45) is -4.15. The van der Waals surface area contributed by atoms with Crippen LogP contribution in [0.15, 0.2) is 42.5 Å². The quantitative estimate of drug-likeness (QED) is 0.750. The Morgan fingerprint density at radius 1 is 1.14 bits per heavy atom. The maximum atomic E-state index is 12.2. The summed E-state index contributed by atoms with van der Waals surface area (Å²) >= 11 is 5.65. The van der Waals surface area contributed by atoms with Gasteiger partial charge in [-0.05, 0) is 29.8 Å². The summed E-state index contributed by atoms with van der Waals surface area (Å²) in [5.74, 6) is -0.0604. The van der Waals surface area contributed by atoms with E-state index in [4.69, 9.17) is 16.3 Å². The second-order valence-electron chi connectivity index (χ2n) is 4.29. The summed E-state index contributed by atoms with van der Waals surface area (Å²) in [6.45, 7) is 0.00764. The standard InChI is InChI=1S/C15H10ClF3O3/c16-13-5-4-11(7-14(13)22-15(17,18)19)9-21-12-3-1-2-10(6-12)8-20/h1-8H,9H2. The largest absolute Gasteiger partial charge is 0.573 e. The zero-order chi connectivity index (χ0) is 16.2. The lowest BCUT2D eigenvalue weighted by Crippen LogP contribution is -2.17. The number of carbonyl (C=O) groups is 1. The van der Waals surface area contributed by atoms with Crippen LogP contribution < -0.4 is 9.47 Å². The van der Waals surface area contributed by atoms with Gasteiger partial charge in [-0.3, -0.25) is 4.79 Å². The van der Waals surface area contributed by atoms with Crippen LogP contribution in [0, 0.1) is 0 Å². The number of hydrogen-bond acceptors (Lipinski definition) is 3. The molecule has 0 radical (unpaired) electrons. The molecule has 0 bridgehead atoms. The normalized spacial score (nSPS) is 11.1. The predicted octanol–water partition coefficient (Wildman–Crippen LogP) is 4.63. The minimum atomic E-state index is -4.82. The number of halogens is 4. The van der Waals surface area contributed by atoms with Gasteiger partial charge in [-0.15, -0.1) is 13.2 Å². The van der Waals surface area contributed by atoms with Gasteiger partial charge in [-0.25, -0.2) is 0 Å². The summed E-state index contributed by atoms with van der Waals surface area (Å²) in [5, 5.41) is -0.149. The molecule has 2 rings (SSSR count). The minimum absolute atomic E-state index is 0.00764. The molecule has 0 saturated carbocycles. The van der Waals surface area contributed by atoms with Crippen molar-refractivity contribution in [1.82, 2.24) is 0 Å². The summed E-state index contributed by atoms with van der Waals surface area (Å²) in [4.78, 5) is 10.7. The van der Waals surface area contributed by atoms with Gasteiger partial charge in [0.15, 0.2) is 0 Å². The predicted molar refractivity (Wildman–Crippen MR) is 74.3 cm³/mol. The van der Waals surface area contributed by atoms with Gasteiger partial charge < -0.3 is 9.47 Å². The van der Waals surface area contributed by atoms with Crippen molar-refractivity contribution < 1.29 is 27.4 Å². The molecule has 0 atom stereocenters. The van der Waals surface area contributed by atoms with E-state index in [9.17, 15) is 18.0 Å². The molecule has 3 nitrogen and oxygen atoms in total. The van der Waals surface area contributed by atoms with Crippen LogP contribution in [0.3, 0.4) is 0 Å². The topological polar surface area (TPSA) is 35.5 Å². The molecule has 2 aromatic rings. The van der Waals surface area contributed by atoms with Crippen molar-refractivity contribution in [1.29, 1.82) is 0 Å². The molecule has 0 fully saturated rings. The van der Waals surface area contributed by atoms with Crippen molar-refractivity contribution in [2.45, 2.75) is 13.0 Å². The SMILES string of the molecule is O=Cc1cccc(OCc2ccc(Cl)c(OC(F)(F)F)c2)c1. The van der Waals surface area contributed by atoms with E-state index in [0.717, 1.165) is 6.07 Å². The van der Waals surface area contributed by atoms with Crippen LogP contribution in [0.2, 0.25) is 5.02 Å². The zero-order valence-electron chi connectivity index (χ0n) is 11.1. The Balaban J connectivity index is 2.09. The Bertz CT molecular complexity index is 671. The molecule has 0 spiro atoms. The van der Waals surface area contributed by atoms with Gasteiger partial charge in [0.2, 0.25) is 0 Å². The van der Waals surface area contributed by atoms with Crippen molar-refractivity contribution in [2.75, 3.05) is 0 Å². The first kappa shape index (κ1) is 16.2. The Hall–Kier alpha value is -2.21. The van der Waals surface area contributed by atoms with Crippen molar-refractivity contribution >= 4 is 17.9 Å². The molecule has 22 heavy (non-hydrogen) atoms. The molecule has 0 aliphatic heterocycles. The van der Waals surface area contributed by atoms with E-state index in [1.54, 1.807) is 18.2 Å². The first-order chi connectivity index (χ1) is 10.4.